The first kappa shape index (κ1) is 11.6. The molecule has 84 valence electrons. The summed E-state index contributed by atoms with van der Waals surface area (Å²) in [6.07, 6.45) is 6.84. The van der Waals surface area contributed by atoms with E-state index in [1.54, 1.807) is 0 Å². The predicted octanol–water partition coefficient (Wildman–Crippen LogP) is 4.32. The highest BCUT2D eigenvalue weighted by molar-refractivity contribution is 9.10. The summed E-state index contributed by atoms with van der Waals surface area (Å²) < 4.78 is 1.25. The molecule has 3 heteroatoms. The summed E-state index contributed by atoms with van der Waals surface area (Å²) in [7, 11) is 0. The van der Waals surface area contributed by atoms with Gasteiger partial charge in [-0.25, -0.2) is 0 Å². The van der Waals surface area contributed by atoms with Crippen LogP contribution in [-0.2, 0) is 6.54 Å². The molecule has 0 saturated heterocycles. The standard InChI is InChI=1S/C12H18BrNS/c1-12(6-3-2-4-7-12)14-9-11-10(13)5-8-15-11/h5,8,14H,2-4,6-7,9H2,1H3. The molecule has 1 aliphatic carbocycles. The minimum absolute atomic E-state index is 0.377. The van der Waals surface area contributed by atoms with Gasteiger partial charge in [0.1, 0.15) is 0 Å². The second-order valence-electron chi connectivity index (χ2n) is 4.67. The largest absolute Gasteiger partial charge is 0.307 e. The molecule has 1 nitrogen and oxygen atoms in total. The van der Waals surface area contributed by atoms with Crippen LogP contribution in [0.15, 0.2) is 15.9 Å². The first-order valence-corrected chi connectivity index (χ1v) is 7.34. The van der Waals surface area contributed by atoms with Crippen LogP contribution in [0.4, 0.5) is 0 Å². The van der Waals surface area contributed by atoms with E-state index in [0.29, 0.717) is 5.54 Å². The van der Waals surface area contributed by atoms with E-state index in [1.165, 1.54) is 41.5 Å². The van der Waals surface area contributed by atoms with Crippen molar-refractivity contribution in [3.05, 3.63) is 20.8 Å². The van der Waals surface area contributed by atoms with E-state index in [4.69, 9.17) is 0 Å². The molecule has 1 aromatic heterocycles. The van der Waals surface area contributed by atoms with Crippen molar-refractivity contribution in [2.24, 2.45) is 0 Å². The van der Waals surface area contributed by atoms with Gasteiger partial charge in [-0.2, -0.15) is 0 Å². The fraction of sp³-hybridized carbons (Fsp3) is 0.667. The molecule has 0 radical (unpaired) electrons. The zero-order chi connectivity index (χ0) is 10.7. The Morgan fingerprint density at radius 3 is 2.73 bits per heavy atom. The fourth-order valence-electron chi connectivity index (χ4n) is 2.25. The third-order valence-electron chi connectivity index (χ3n) is 3.32. The summed E-state index contributed by atoms with van der Waals surface area (Å²) >= 11 is 5.41. The van der Waals surface area contributed by atoms with Gasteiger partial charge in [0.05, 0.1) is 0 Å². The molecule has 1 saturated carbocycles. The maximum Gasteiger partial charge on any atom is 0.0327 e. The highest BCUT2D eigenvalue weighted by atomic mass is 79.9. The molecule has 0 amide bonds. The van der Waals surface area contributed by atoms with Gasteiger partial charge in [-0.3, -0.25) is 0 Å². The predicted molar refractivity (Wildman–Crippen MR) is 70.3 cm³/mol. The van der Waals surface area contributed by atoms with Gasteiger partial charge in [0.25, 0.3) is 0 Å². The second kappa shape index (κ2) is 4.98. The van der Waals surface area contributed by atoms with Crippen LogP contribution >= 0.6 is 27.3 Å². The molecule has 0 spiro atoms. The summed E-state index contributed by atoms with van der Waals surface area (Å²) in [6.45, 7) is 3.38. The molecule has 1 aliphatic rings. The van der Waals surface area contributed by atoms with Crippen molar-refractivity contribution in [1.82, 2.24) is 5.32 Å². The van der Waals surface area contributed by atoms with Gasteiger partial charge in [-0.1, -0.05) is 19.3 Å². The Morgan fingerprint density at radius 1 is 1.40 bits per heavy atom. The molecular formula is C12H18BrNS. The highest BCUT2D eigenvalue weighted by Crippen LogP contribution is 2.29. The highest BCUT2D eigenvalue weighted by Gasteiger charge is 2.25. The van der Waals surface area contributed by atoms with Crippen molar-refractivity contribution in [3.8, 4) is 0 Å². The third-order valence-corrected chi connectivity index (χ3v) is 5.25. The van der Waals surface area contributed by atoms with Crippen molar-refractivity contribution >= 4 is 27.3 Å². The monoisotopic (exact) mass is 287 g/mol. The average Bonchev–Trinajstić information content (AvgIpc) is 2.62. The maximum absolute atomic E-state index is 3.72. The number of thiophene rings is 1. The van der Waals surface area contributed by atoms with Gasteiger partial charge in [0, 0.05) is 21.4 Å². The minimum Gasteiger partial charge on any atom is -0.307 e. The fourth-order valence-corrected chi connectivity index (χ4v) is 3.69. The first-order chi connectivity index (χ1) is 7.20. The molecular weight excluding hydrogens is 270 g/mol. The van der Waals surface area contributed by atoms with Crippen LogP contribution in [0.1, 0.15) is 43.9 Å². The molecule has 0 aromatic carbocycles. The van der Waals surface area contributed by atoms with Crippen LogP contribution in [0.3, 0.4) is 0 Å². The molecule has 0 atom stereocenters. The van der Waals surface area contributed by atoms with Crippen LogP contribution in [0.5, 0.6) is 0 Å². The smallest absolute Gasteiger partial charge is 0.0327 e. The number of rotatable bonds is 3. The van der Waals surface area contributed by atoms with Crippen molar-refractivity contribution in [2.45, 2.75) is 51.1 Å². The molecule has 0 unspecified atom stereocenters. The Bertz CT molecular complexity index is 315. The molecule has 1 heterocycles. The summed E-state index contributed by atoms with van der Waals surface area (Å²) in [6, 6.07) is 2.13. The lowest BCUT2D eigenvalue weighted by atomic mass is 9.83. The molecule has 0 aliphatic heterocycles. The molecule has 1 N–H and O–H groups in total. The van der Waals surface area contributed by atoms with Gasteiger partial charge in [-0.15, -0.1) is 11.3 Å². The van der Waals surface area contributed by atoms with Gasteiger partial charge in [-0.05, 0) is 47.1 Å². The lowest BCUT2D eigenvalue weighted by Gasteiger charge is -2.34. The van der Waals surface area contributed by atoms with Crippen LogP contribution in [0.25, 0.3) is 0 Å². The Kier molecular flexibility index (Phi) is 3.86. The molecule has 1 fully saturated rings. The zero-order valence-corrected chi connectivity index (χ0v) is 11.6. The van der Waals surface area contributed by atoms with Gasteiger partial charge >= 0.3 is 0 Å². The normalized spacial score (nSPS) is 20.4. The van der Waals surface area contributed by atoms with Gasteiger partial charge < -0.3 is 5.32 Å². The molecule has 1 aromatic rings. The van der Waals surface area contributed by atoms with E-state index in [2.05, 4.69) is 39.6 Å². The second-order valence-corrected chi connectivity index (χ2v) is 6.52. The van der Waals surface area contributed by atoms with E-state index in [1.807, 2.05) is 11.3 Å². The SMILES string of the molecule is CC1(NCc2sccc2Br)CCCCC1. The third kappa shape index (κ3) is 3.05. The van der Waals surface area contributed by atoms with Crippen molar-refractivity contribution in [2.75, 3.05) is 0 Å². The van der Waals surface area contributed by atoms with Crippen molar-refractivity contribution in [1.29, 1.82) is 0 Å². The van der Waals surface area contributed by atoms with Crippen LogP contribution < -0.4 is 5.32 Å². The average molecular weight is 288 g/mol. The number of hydrogen-bond acceptors (Lipinski definition) is 2. The Hall–Kier alpha value is 0.140. The maximum atomic E-state index is 3.72. The summed E-state index contributed by atoms with van der Waals surface area (Å²) in [5, 5.41) is 5.86. The van der Waals surface area contributed by atoms with E-state index in [0.717, 1.165) is 6.54 Å². The van der Waals surface area contributed by atoms with Gasteiger partial charge in [0.2, 0.25) is 0 Å². The number of halogens is 1. The molecule has 0 bridgehead atoms. The molecule has 15 heavy (non-hydrogen) atoms. The summed E-state index contributed by atoms with van der Waals surface area (Å²) in [4.78, 5) is 1.42. The van der Waals surface area contributed by atoms with Crippen LogP contribution in [0.2, 0.25) is 0 Å². The molecule has 2 rings (SSSR count). The first-order valence-electron chi connectivity index (χ1n) is 5.67. The van der Waals surface area contributed by atoms with Crippen molar-refractivity contribution in [3.63, 3.8) is 0 Å². The van der Waals surface area contributed by atoms with E-state index < -0.39 is 0 Å². The number of hydrogen-bond donors (Lipinski definition) is 1. The Balaban J connectivity index is 1.89. The Labute approximate surface area is 104 Å². The van der Waals surface area contributed by atoms with Gasteiger partial charge in [0.15, 0.2) is 0 Å². The zero-order valence-electron chi connectivity index (χ0n) is 9.18. The minimum atomic E-state index is 0.377. The van der Waals surface area contributed by atoms with Crippen molar-refractivity contribution < 1.29 is 0 Å². The topological polar surface area (TPSA) is 12.0 Å². The van der Waals surface area contributed by atoms with E-state index >= 15 is 0 Å². The lowest BCUT2D eigenvalue weighted by molar-refractivity contribution is 0.253. The summed E-state index contributed by atoms with van der Waals surface area (Å²) in [5.74, 6) is 0. The lowest BCUT2D eigenvalue weighted by Crippen LogP contribution is -2.43. The van der Waals surface area contributed by atoms with Crippen LogP contribution in [0, 0.1) is 0 Å². The summed E-state index contributed by atoms with van der Waals surface area (Å²) in [5.41, 5.74) is 0.377. The quantitative estimate of drug-likeness (QED) is 0.873. The Morgan fingerprint density at radius 2 is 2.13 bits per heavy atom. The van der Waals surface area contributed by atoms with E-state index in [9.17, 15) is 0 Å². The van der Waals surface area contributed by atoms with E-state index in [-0.39, 0.29) is 0 Å². The number of nitrogens with one attached hydrogen (secondary N) is 1. The van der Waals surface area contributed by atoms with Crippen LogP contribution in [-0.4, -0.2) is 5.54 Å².